The number of rotatable bonds is 5. The molecule has 7 rings (SSSR count). The molecule has 3 aliphatic carbocycles. The molecule has 2 aliphatic heterocycles. The SMILES string of the molecule is C[C@@H]1[C@@H](Nc2nnc(C34CC(C(F)(F)F)(C3)C4)o2)CN1c1cc(F)c([C@@H]2CCCNC2)c(F)c1. The fourth-order valence-electron chi connectivity index (χ4n) is 6.31. The Morgan fingerprint density at radius 2 is 1.85 bits per heavy atom. The van der Waals surface area contributed by atoms with Crippen LogP contribution in [0.25, 0.3) is 0 Å². The van der Waals surface area contributed by atoms with Crippen LogP contribution in [-0.4, -0.2) is 48.1 Å². The molecule has 1 aromatic carbocycles. The third-order valence-electron chi connectivity index (χ3n) is 8.39. The van der Waals surface area contributed by atoms with Crippen molar-refractivity contribution in [2.75, 3.05) is 29.9 Å². The van der Waals surface area contributed by atoms with Gasteiger partial charge in [0.1, 0.15) is 11.6 Å². The van der Waals surface area contributed by atoms with Crippen molar-refractivity contribution in [3.8, 4) is 0 Å². The summed E-state index contributed by atoms with van der Waals surface area (Å²) in [4.78, 5) is 1.89. The Kier molecular flexibility index (Phi) is 4.73. The summed E-state index contributed by atoms with van der Waals surface area (Å²) in [7, 11) is 0. The zero-order valence-electron chi connectivity index (χ0n) is 18.7. The first-order valence-electron chi connectivity index (χ1n) is 11.7. The van der Waals surface area contributed by atoms with Gasteiger partial charge in [0.2, 0.25) is 5.89 Å². The van der Waals surface area contributed by atoms with Crippen LogP contribution >= 0.6 is 0 Å². The van der Waals surface area contributed by atoms with Gasteiger partial charge in [-0.2, -0.15) is 13.2 Å². The molecule has 5 aliphatic rings. The average Bonchev–Trinajstić information content (AvgIpc) is 3.16. The Morgan fingerprint density at radius 1 is 1.15 bits per heavy atom. The van der Waals surface area contributed by atoms with Gasteiger partial charge in [-0.1, -0.05) is 5.10 Å². The normalized spacial score (nSPS) is 34.8. The Bertz CT molecular complexity index is 1070. The summed E-state index contributed by atoms with van der Waals surface area (Å²) in [6, 6.07) is 2.75. The maximum atomic E-state index is 14.8. The lowest BCUT2D eigenvalue weighted by molar-refractivity contribution is -0.340. The van der Waals surface area contributed by atoms with Gasteiger partial charge in [0.25, 0.3) is 0 Å². The second kappa shape index (κ2) is 7.29. The van der Waals surface area contributed by atoms with Crippen molar-refractivity contribution in [2.45, 2.75) is 68.6 Å². The topological polar surface area (TPSA) is 66.2 Å². The highest BCUT2D eigenvalue weighted by Gasteiger charge is 2.80. The van der Waals surface area contributed by atoms with E-state index in [1.165, 1.54) is 12.1 Å². The minimum atomic E-state index is -4.19. The van der Waals surface area contributed by atoms with Crippen LogP contribution in [0.5, 0.6) is 0 Å². The maximum absolute atomic E-state index is 14.8. The predicted molar refractivity (Wildman–Crippen MR) is 114 cm³/mol. The van der Waals surface area contributed by atoms with Crippen LogP contribution in [0.15, 0.2) is 16.5 Å². The van der Waals surface area contributed by atoms with Crippen LogP contribution in [0.3, 0.4) is 0 Å². The van der Waals surface area contributed by atoms with E-state index in [0.29, 0.717) is 18.8 Å². The summed E-state index contributed by atoms with van der Waals surface area (Å²) in [5.41, 5.74) is -1.60. The molecule has 6 nitrogen and oxygen atoms in total. The number of aromatic nitrogens is 2. The van der Waals surface area contributed by atoms with E-state index in [4.69, 9.17) is 4.42 Å². The zero-order valence-corrected chi connectivity index (χ0v) is 18.7. The highest BCUT2D eigenvalue weighted by atomic mass is 19.4. The molecule has 5 fully saturated rings. The molecule has 2 N–H and O–H groups in total. The molecule has 0 radical (unpaired) electrons. The van der Waals surface area contributed by atoms with Crippen LogP contribution in [0, 0.1) is 17.0 Å². The number of hydrogen-bond donors (Lipinski definition) is 2. The number of piperidine rings is 1. The first-order chi connectivity index (χ1) is 16.1. The summed E-state index contributed by atoms with van der Waals surface area (Å²) in [5, 5.41) is 14.3. The van der Waals surface area contributed by atoms with Gasteiger partial charge < -0.3 is 20.0 Å². The van der Waals surface area contributed by atoms with E-state index in [9.17, 15) is 22.0 Å². The number of alkyl halides is 3. The van der Waals surface area contributed by atoms with E-state index < -0.39 is 28.6 Å². The molecule has 3 heterocycles. The van der Waals surface area contributed by atoms with Gasteiger partial charge >= 0.3 is 12.2 Å². The van der Waals surface area contributed by atoms with E-state index in [1.807, 2.05) is 11.8 Å². The monoisotopic (exact) mass is 483 g/mol. The molecule has 3 saturated carbocycles. The fraction of sp³-hybridized carbons (Fsp3) is 0.652. The molecule has 2 aromatic rings. The molecule has 34 heavy (non-hydrogen) atoms. The van der Waals surface area contributed by atoms with Crippen molar-refractivity contribution in [3.05, 3.63) is 35.2 Å². The van der Waals surface area contributed by atoms with Gasteiger partial charge in [0, 0.05) is 36.3 Å². The van der Waals surface area contributed by atoms with Crippen molar-refractivity contribution >= 4 is 11.7 Å². The summed E-state index contributed by atoms with van der Waals surface area (Å²) in [5.74, 6) is -0.959. The van der Waals surface area contributed by atoms with Gasteiger partial charge in [-0.05, 0) is 57.7 Å². The Hall–Kier alpha value is -2.43. The molecule has 11 heteroatoms. The van der Waals surface area contributed by atoms with Gasteiger partial charge in [-0.3, -0.25) is 0 Å². The maximum Gasteiger partial charge on any atom is 0.394 e. The van der Waals surface area contributed by atoms with Gasteiger partial charge in [-0.15, -0.1) is 5.10 Å². The smallest absolute Gasteiger partial charge is 0.394 e. The summed E-state index contributed by atoms with van der Waals surface area (Å²) in [6.45, 7) is 3.84. The fourth-order valence-corrected chi connectivity index (χ4v) is 6.31. The van der Waals surface area contributed by atoms with Crippen LogP contribution in [0.4, 0.5) is 33.7 Å². The van der Waals surface area contributed by atoms with Crippen LogP contribution in [0.2, 0.25) is 0 Å². The predicted octanol–water partition coefficient (Wildman–Crippen LogP) is 4.49. The number of anilines is 2. The second-order valence-corrected chi connectivity index (χ2v) is 10.5. The minimum absolute atomic E-state index is 0.00276. The van der Waals surface area contributed by atoms with Gasteiger partial charge in [0.05, 0.1) is 16.9 Å². The average molecular weight is 483 g/mol. The quantitative estimate of drug-likeness (QED) is 0.611. The van der Waals surface area contributed by atoms with Gasteiger partial charge in [0.15, 0.2) is 0 Å². The summed E-state index contributed by atoms with van der Waals surface area (Å²) in [6.07, 6.45) is -2.53. The van der Waals surface area contributed by atoms with Gasteiger partial charge in [-0.25, -0.2) is 8.78 Å². The van der Waals surface area contributed by atoms with E-state index >= 15 is 0 Å². The molecule has 2 saturated heterocycles. The molecule has 0 unspecified atom stereocenters. The lowest BCUT2D eigenvalue weighted by atomic mass is 9.34. The van der Waals surface area contributed by atoms with Crippen LogP contribution < -0.4 is 15.5 Å². The molecule has 0 amide bonds. The van der Waals surface area contributed by atoms with Crippen molar-refractivity contribution < 1.29 is 26.4 Å². The lowest BCUT2D eigenvalue weighted by Crippen LogP contribution is -2.70. The van der Waals surface area contributed by atoms with E-state index in [-0.39, 0.29) is 54.7 Å². The largest absolute Gasteiger partial charge is 0.408 e. The first kappa shape index (κ1) is 22.1. The van der Waals surface area contributed by atoms with Crippen LogP contribution in [-0.2, 0) is 5.41 Å². The third kappa shape index (κ3) is 3.15. The molecule has 1 aromatic heterocycles. The van der Waals surface area contributed by atoms with E-state index in [0.717, 1.165) is 19.4 Å². The molecule has 3 atom stereocenters. The Balaban J connectivity index is 1.09. The Labute approximate surface area is 193 Å². The van der Waals surface area contributed by atoms with Crippen molar-refractivity contribution in [3.63, 3.8) is 0 Å². The molecular formula is C23H26F5N5O. The van der Waals surface area contributed by atoms with Crippen molar-refractivity contribution in [1.29, 1.82) is 0 Å². The summed E-state index contributed by atoms with van der Waals surface area (Å²) < 4.78 is 74.6. The van der Waals surface area contributed by atoms with E-state index in [2.05, 4.69) is 20.8 Å². The minimum Gasteiger partial charge on any atom is -0.408 e. The number of hydrogen-bond acceptors (Lipinski definition) is 6. The molecule has 2 bridgehead atoms. The number of benzene rings is 1. The van der Waals surface area contributed by atoms with Crippen LogP contribution in [0.1, 0.15) is 56.4 Å². The third-order valence-corrected chi connectivity index (χ3v) is 8.39. The molecular weight excluding hydrogens is 457 g/mol. The first-order valence-corrected chi connectivity index (χ1v) is 11.7. The number of nitrogens with one attached hydrogen (secondary N) is 2. The van der Waals surface area contributed by atoms with Crippen molar-refractivity contribution in [2.24, 2.45) is 5.41 Å². The standard InChI is InChI=1S/C23H26F5N5O/c1-12-17(30-20-32-31-19(34-20)21-9-22(10-21,11-21)23(26,27)28)8-33(12)14-5-15(24)18(16(25)6-14)13-3-2-4-29-7-13/h5-6,12-13,17,29H,2-4,7-11H2,1H3,(H,30,32)/t12-,13-,17+,21?,22?/m1/s1. The highest BCUT2D eigenvalue weighted by molar-refractivity contribution is 5.55. The molecule has 0 spiro atoms. The lowest BCUT2D eigenvalue weighted by Gasteiger charge is -2.68. The van der Waals surface area contributed by atoms with Crippen molar-refractivity contribution in [1.82, 2.24) is 15.5 Å². The molecule has 184 valence electrons. The van der Waals surface area contributed by atoms with E-state index in [1.54, 1.807) is 0 Å². The zero-order chi connectivity index (χ0) is 23.9. The highest BCUT2D eigenvalue weighted by Crippen LogP contribution is 2.78. The Morgan fingerprint density at radius 3 is 2.44 bits per heavy atom. The second-order valence-electron chi connectivity index (χ2n) is 10.5. The number of nitrogens with zero attached hydrogens (tertiary/aromatic N) is 3. The number of halogens is 5. The summed E-state index contributed by atoms with van der Waals surface area (Å²) >= 11 is 0.